The fraction of sp³-hybridized carbons (Fsp3) is 0.423. The van der Waals surface area contributed by atoms with Crippen molar-refractivity contribution in [1.29, 1.82) is 0 Å². The van der Waals surface area contributed by atoms with Crippen molar-refractivity contribution in [3.63, 3.8) is 0 Å². The number of primary amides is 1. The topological polar surface area (TPSA) is 203 Å². The summed E-state index contributed by atoms with van der Waals surface area (Å²) < 4.78 is 10.9. The molecule has 1 aromatic rings. The molecule has 1 heterocycles. The average Bonchev–Trinajstić information content (AvgIpc) is 3.16. The quantitative estimate of drug-likeness (QED) is 0.0825. The standard InChI is InChI=1S/C15H20Br2N4O7.C11H12BNO2/c16-12-13(17)15(26)21(14(12)25)2-4-28-6-5-27-3-1-10(23)20-8-11(24)19-7-9(18)22;12-10(14)8-13-11(15)7-6-9-4-2-1-3-5-9/h1-8H2,(H2,18,22)(H,19,24)(H,20,23);1-5H,6-8H2,(H,13,15). The summed E-state index contributed by atoms with van der Waals surface area (Å²) >= 11 is 6.06. The minimum Gasteiger partial charge on any atom is -0.379 e. The van der Waals surface area contributed by atoms with E-state index in [4.69, 9.17) is 23.1 Å². The predicted molar refractivity (Wildman–Crippen MR) is 162 cm³/mol. The van der Waals surface area contributed by atoms with E-state index in [-0.39, 0.29) is 79.8 Å². The molecule has 0 fully saturated rings. The highest BCUT2D eigenvalue weighted by Crippen LogP contribution is 2.29. The van der Waals surface area contributed by atoms with E-state index < -0.39 is 29.3 Å². The monoisotopic (exact) mass is 727 g/mol. The molecular weight excluding hydrogens is 697 g/mol. The van der Waals surface area contributed by atoms with Gasteiger partial charge in [0.1, 0.15) is 8.96 Å². The number of carbonyl (C=O) groups excluding carboxylic acids is 7. The Morgan fingerprint density at radius 1 is 0.744 bits per heavy atom. The first-order valence-corrected chi connectivity index (χ1v) is 14.5. The van der Waals surface area contributed by atoms with Crippen molar-refractivity contribution in [3.05, 3.63) is 44.9 Å². The van der Waals surface area contributed by atoms with Gasteiger partial charge in [0.05, 0.1) is 58.3 Å². The minimum absolute atomic E-state index is 0.0492. The molecule has 6 amide bonds. The fourth-order valence-electron chi connectivity index (χ4n) is 3.05. The molecule has 17 heteroatoms. The molecule has 14 nitrogen and oxygen atoms in total. The third-order valence-electron chi connectivity index (χ3n) is 5.21. The molecule has 0 aromatic heterocycles. The predicted octanol–water partition coefficient (Wildman–Crippen LogP) is -1.07. The van der Waals surface area contributed by atoms with Gasteiger partial charge in [0, 0.05) is 12.8 Å². The van der Waals surface area contributed by atoms with Gasteiger partial charge in [0.15, 0.2) is 7.85 Å². The minimum atomic E-state index is -0.675. The molecule has 43 heavy (non-hydrogen) atoms. The number of aryl methyl sites for hydroxylation is 1. The van der Waals surface area contributed by atoms with Gasteiger partial charge >= 0.3 is 0 Å². The lowest BCUT2D eigenvalue weighted by Gasteiger charge is -2.14. The van der Waals surface area contributed by atoms with Crippen molar-refractivity contribution in [2.24, 2.45) is 5.73 Å². The van der Waals surface area contributed by atoms with Gasteiger partial charge < -0.3 is 36.0 Å². The van der Waals surface area contributed by atoms with Crippen LogP contribution in [-0.2, 0) is 49.5 Å². The molecule has 0 bridgehead atoms. The second kappa shape index (κ2) is 21.3. The van der Waals surface area contributed by atoms with Crippen LogP contribution in [0, 0.1) is 0 Å². The van der Waals surface area contributed by atoms with Crippen molar-refractivity contribution in [1.82, 2.24) is 20.9 Å². The van der Waals surface area contributed by atoms with Crippen LogP contribution in [0.3, 0.4) is 0 Å². The number of hydrogen-bond donors (Lipinski definition) is 4. The van der Waals surface area contributed by atoms with Gasteiger partial charge in [-0.1, -0.05) is 30.3 Å². The summed E-state index contributed by atoms with van der Waals surface area (Å²) in [5.74, 6) is -2.59. The van der Waals surface area contributed by atoms with Crippen LogP contribution in [0.1, 0.15) is 18.4 Å². The van der Waals surface area contributed by atoms with E-state index in [2.05, 4.69) is 47.8 Å². The SMILES string of the molecule is NC(=O)CNC(=O)CNC(=O)CCOCCOCCN1C(=O)C(Br)=C(Br)C1=O.[B]C(=O)CNC(=O)CCc1ccccc1. The molecule has 0 aliphatic carbocycles. The van der Waals surface area contributed by atoms with Gasteiger partial charge in [-0.3, -0.25) is 33.7 Å². The molecule has 232 valence electrons. The Morgan fingerprint density at radius 3 is 1.86 bits per heavy atom. The molecule has 1 aliphatic rings. The van der Waals surface area contributed by atoms with E-state index in [0.717, 1.165) is 10.5 Å². The molecule has 0 saturated carbocycles. The Labute approximate surface area is 266 Å². The summed E-state index contributed by atoms with van der Waals surface area (Å²) in [4.78, 5) is 79.4. The highest BCUT2D eigenvalue weighted by atomic mass is 79.9. The normalized spacial score (nSPS) is 12.4. The lowest BCUT2D eigenvalue weighted by Crippen LogP contribution is -2.40. The maximum absolute atomic E-state index is 11.8. The van der Waals surface area contributed by atoms with Crippen molar-refractivity contribution in [3.8, 4) is 0 Å². The van der Waals surface area contributed by atoms with E-state index in [0.29, 0.717) is 12.8 Å². The van der Waals surface area contributed by atoms with Gasteiger partial charge in [0.25, 0.3) is 11.8 Å². The highest BCUT2D eigenvalue weighted by Gasteiger charge is 2.35. The number of carbonyl (C=O) groups is 7. The number of rotatable bonds is 18. The van der Waals surface area contributed by atoms with Crippen LogP contribution >= 0.6 is 31.9 Å². The van der Waals surface area contributed by atoms with Crippen LogP contribution in [0.5, 0.6) is 0 Å². The van der Waals surface area contributed by atoms with Gasteiger partial charge in [-0.25, -0.2) is 0 Å². The van der Waals surface area contributed by atoms with E-state index in [9.17, 15) is 33.6 Å². The third kappa shape index (κ3) is 16.7. The van der Waals surface area contributed by atoms with Gasteiger partial charge in [0.2, 0.25) is 23.6 Å². The van der Waals surface area contributed by atoms with E-state index in [1.165, 1.54) is 0 Å². The summed E-state index contributed by atoms with van der Waals surface area (Å²) in [6.07, 6.45) is 1.09. The zero-order chi connectivity index (χ0) is 32.2. The van der Waals surface area contributed by atoms with Crippen molar-refractivity contribution < 1.29 is 43.0 Å². The maximum Gasteiger partial charge on any atom is 0.269 e. The molecule has 2 radical (unpaired) electrons. The molecular formula is C26H32BBr2N5O9. The number of benzene rings is 1. The number of nitrogens with zero attached hydrogens (tertiary/aromatic N) is 1. The fourth-order valence-corrected chi connectivity index (χ4v) is 3.82. The number of amides is 6. The van der Waals surface area contributed by atoms with Crippen molar-refractivity contribution in [2.75, 3.05) is 52.6 Å². The average molecular weight is 729 g/mol. The smallest absolute Gasteiger partial charge is 0.269 e. The first-order valence-electron chi connectivity index (χ1n) is 12.9. The molecule has 0 spiro atoms. The molecule has 0 saturated heterocycles. The van der Waals surface area contributed by atoms with Gasteiger partial charge in [-0.15, -0.1) is 0 Å². The summed E-state index contributed by atoms with van der Waals surface area (Å²) in [7, 11) is 4.89. The zero-order valence-corrected chi connectivity index (χ0v) is 26.4. The molecule has 5 N–H and O–H groups in total. The largest absolute Gasteiger partial charge is 0.379 e. The molecule has 0 unspecified atom stereocenters. The number of hydrogen-bond acceptors (Lipinski definition) is 9. The highest BCUT2D eigenvalue weighted by molar-refractivity contribution is 9.14. The number of ether oxygens (including phenoxy) is 2. The van der Waals surface area contributed by atoms with Crippen molar-refractivity contribution in [2.45, 2.75) is 19.3 Å². The Kier molecular flexibility index (Phi) is 18.6. The van der Waals surface area contributed by atoms with E-state index >= 15 is 0 Å². The number of nitrogens with one attached hydrogen (secondary N) is 3. The number of imide groups is 1. The molecule has 1 aliphatic heterocycles. The second-order valence-corrected chi connectivity index (χ2v) is 10.2. The van der Waals surface area contributed by atoms with Crippen molar-refractivity contribution >= 4 is 80.8 Å². The molecule has 0 atom stereocenters. The zero-order valence-electron chi connectivity index (χ0n) is 23.2. The van der Waals surface area contributed by atoms with Crippen LogP contribution in [0.15, 0.2) is 39.3 Å². The van der Waals surface area contributed by atoms with Gasteiger partial charge in [-0.2, -0.15) is 0 Å². The van der Waals surface area contributed by atoms with E-state index in [1.807, 2.05) is 30.3 Å². The van der Waals surface area contributed by atoms with E-state index in [1.54, 1.807) is 0 Å². The summed E-state index contributed by atoms with van der Waals surface area (Å²) in [6.45, 7) is 0.208. The first kappa shape index (κ1) is 37.6. The Bertz CT molecular complexity index is 1160. The Hall–Kier alpha value is -3.41. The summed E-state index contributed by atoms with van der Waals surface area (Å²) in [5, 5.41) is 7.04. The first-order chi connectivity index (χ1) is 20.4. The van der Waals surface area contributed by atoms with Crippen LogP contribution in [-0.4, -0.2) is 106 Å². The van der Waals surface area contributed by atoms with Crippen LogP contribution in [0.25, 0.3) is 0 Å². The summed E-state index contributed by atoms with van der Waals surface area (Å²) in [5.41, 5.74) is 5.45. The summed E-state index contributed by atoms with van der Waals surface area (Å²) in [6, 6.07) is 9.70. The van der Waals surface area contributed by atoms with Crippen LogP contribution < -0.4 is 21.7 Å². The lowest BCUT2D eigenvalue weighted by molar-refractivity contribution is -0.138. The Balaban J connectivity index is 0.000000517. The maximum atomic E-state index is 11.8. The van der Waals surface area contributed by atoms with Crippen LogP contribution in [0.2, 0.25) is 0 Å². The molecule has 2 rings (SSSR count). The number of nitrogens with two attached hydrogens (primary N) is 1. The third-order valence-corrected chi connectivity index (χ3v) is 7.22. The lowest BCUT2D eigenvalue weighted by atomic mass is 10.0. The second-order valence-electron chi connectivity index (χ2n) is 8.61. The van der Waals surface area contributed by atoms with Crippen LogP contribution in [0.4, 0.5) is 0 Å². The van der Waals surface area contributed by atoms with Gasteiger partial charge in [-0.05, 0) is 43.8 Å². The molecule has 1 aromatic carbocycles. The Morgan fingerprint density at radius 2 is 1.28 bits per heavy atom. The number of halogens is 2.